The Hall–Kier alpha value is -2.14. The smallest absolute Gasteiger partial charge is 0.271 e. The van der Waals surface area contributed by atoms with Crippen LogP contribution in [0.25, 0.3) is 0 Å². The summed E-state index contributed by atoms with van der Waals surface area (Å²) in [4.78, 5) is 18.9. The van der Waals surface area contributed by atoms with Crippen LogP contribution in [0.1, 0.15) is 41.9 Å². The fourth-order valence-electron chi connectivity index (χ4n) is 3.84. The number of imidazole rings is 1. The molecular formula is C20H28N4O. The lowest BCUT2D eigenvalue weighted by Gasteiger charge is -2.35. The highest BCUT2D eigenvalue weighted by Crippen LogP contribution is 2.23. The van der Waals surface area contributed by atoms with E-state index in [1.807, 2.05) is 13.1 Å². The van der Waals surface area contributed by atoms with Crippen LogP contribution in [0.3, 0.4) is 0 Å². The number of hydrogen-bond acceptors (Lipinski definition) is 3. The van der Waals surface area contributed by atoms with E-state index in [2.05, 4.69) is 47.2 Å². The van der Waals surface area contributed by atoms with Gasteiger partial charge in [-0.2, -0.15) is 0 Å². The van der Waals surface area contributed by atoms with Crippen LogP contribution in [-0.2, 0) is 20.1 Å². The zero-order valence-electron chi connectivity index (χ0n) is 15.4. The van der Waals surface area contributed by atoms with E-state index in [1.54, 1.807) is 17.1 Å². The number of rotatable bonds is 5. The molecule has 0 unspecified atom stereocenters. The Kier molecular flexibility index (Phi) is 5.53. The van der Waals surface area contributed by atoms with Crippen molar-refractivity contribution in [3.63, 3.8) is 0 Å². The summed E-state index contributed by atoms with van der Waals surface area (Å²) in [5, 5.41) is 2.99. The van der Waals surface area contributed by atoms with Crippen LogP contribution in [-0.4, -0.2) is 33.4 Å². The van der Waals surface area contributed by atoms with Crippen molar-refractivity contribution in [2.75, 3.05) is 13.1 Å². The molecule has 1 aliphatic heterocycles. The number of nitrogens with one attached hydrogen (secondary N) is 1. The van der Waals surface area contributed by atoms with Gasteiger partial charge >= 0.3 is 0 Å². The van der Waals surface area contributed by atoms with Crippen LogP contribution in [0.2, 0.25) is 0 Å². The van der Waals surface area contributed by atoms with E-state index in [4.69, 9.17) is 0 Å². The maximum Gasteiger partial charge on any atom is 0.271 e. The first-order chi connectivity index (χ1) is 12.0. The summed E-state index contributed by atoms with van der Waals surface area (Å²) >= 11 is 0. The Morgan fingerprint density at radius 3 is 2.52 bits per heavy atom. The van der Waals surface area contributed by atoms with Crippen molar-refractivity contribution in [3.8, 4) is 0 Å². The van der Waals surface area contributed by atoms with Gasteiger partial charge in [-0.3, -0.25) is 9.69 Å². The molecule has 0 saturated carbocycles. The highest BCUT2D eigenvalue weighted by atomic mass is 16.1. The van der Waals surface area contributed by atoms with Gasteiger partial charge in [-0.05, 0) is 29.4 Å². The van der Waals surface area contributed by atoms with Gasteiger partial charge in [-0.25, -0.2) is 4.98 Å². The number of hydrogen-bond donors (Lipinski definition) is 1. The molecule has 3 rings (SSSR count). The Labute approximate surface area is 150 Å². The zero-order chi connectivity index (χ0) is 17.8. The number of likely N-dealkylation sites (tertiary alicyclic amines) is 1. The monoisotopic (exact) mass is 340 g/mol. The van der Waals surface area contributed by atoms with Gasteiger partial charge in [-0.15, -0.1) is 0 Å². The minimum Gasteiger partial charge on any atom is -0.347 e. The van der Waals surface area contributed by atoms with Crippen molar-refractivity contribution in [2.45, 2.75) is 33.4 Å². The van der Waals surface area contributed by atoms with Crippen LogP contribution in [0.5, 0.6) is 0 Å². The van der Waals surface area contributed by atoms with Gasteiger partial charge in [0.05, 0.1) is 6.33 Å². The first-order valence-corrected chi connectivity index (χ1v) is 9.06. The molecule has 1 N–H and O–H groups in total. The van der Waals surface area contributed by atoms with E-state index in [1.165, 1.54) is 17.5 Å². The molecule has 2 aromatic rings. The van der Waals surface area contributed by atoms with E-state index in [9.17, 15) is 4.79 Å². The molecule has 1 amide bonds. The van der Waals surface area contributed by atoms with Gasteiger partial charge in [0.15, 0.2) is 0 Å². The summed E-state index contributed by atoms with van der Waals surface area (Å²) in [6.07, 6.45) is 4.69. The molecule has 1 aromatic heterocycles. The largest absolute Gasteiger partial charge is 0.347 e. The van der Waals surface area contributed by atoms with E-state index in [0.29, 0.717) is 12.2 Å². The van der Waals surface area contributed by atoms with Crippen LogP contribution >= 0.6 is 0 Å². The van der Waals surface area contributed by atoms with Crippen LogP contribution < -0.4 is 5.32 Å². The van der Waals surface area contributed by atoms with E-state index in [-0.39, 0.29) is 5.91 Å². The van der Waals surface area contributed by atoms with Gasteiger partial charge in [-0.1, -0.05) is 38.1 Å². The molecule has 1 aromatic carbocycles. The second-order valence-electron chi connectivity index (χ2n) is 7.52. The molecule has 0 aliphatic carbocycles. The fraction of sp³-hybridized carbons (Fsp3) is 0.500. The number of carbonyl (C=O) groups is 1. The number of benzene rings is 1. The second-order valence-corrected chi connectivity index (χ2v) is 7.52. The lowest BCUT2D eigenvalue weighted by molar-refractivity contribution is 0.0946. The first-order valence-electron chi connectivity index (χ1n) is 9.06. The number of piperidine rings is 1. The topological polar surface area (TPSA) is 50.2 Å². The molecule has 0 radical (unpaired) electrons. The average molecular weight is 340 g/mol. The Morgan fingerprint density at radius 1 is 1.20 bits per heavy atom. The van der Waals surface area contributed by atoms with E-state index in [0.717, 1.165) is 31.5 Å². The first kappa shape index (κ1) is 17.7. The number of nitrogens with zero attached hydrogens (tertiary/aromatic N) is 3. The summed E-state index contributed by atoms with van der Waals surface area (Å²) in [6.45, 7) is 8.45. The van der Waals surface area contributed by atoms with Crippen LogP contribution in [0, 0.1) is 11.8 Å². The van der Waals surface area contributed by atoms with Crippen LogP contribution in [0.15, 0.2) is 36.8 Å². The molecular weight excluding hydrogens is 312 g/mol. The van der Waals surface area contributed by atoms with Crippen molar-refractivity contribution in [2.24, 2.45) is 18.9 Å². The number of aryl methyl sites for hydroxylation is 1. The molecule has 1 fully saturated rings. The quantitative estimate of drug-likeness (QED) is 0.910. The molecule has 1 saturated heterocycles. The predicted molar refractivity (Wildman–Crippen MR) is 99.0 cm³/mol. The lowest BCUT2D eigenvalue weighted by atomic mass is 9.91. The number of aromatic nitrogens is 2. The minimum atomic E-state index is -0.129. The molecule has 5 heteroatoms. The summed E-state index contributed by atoms with van der Waals surface area (Å²) in [5.74, 6) is 1.37. The maximum absolute atomic E-state index is 12.2. The third-order valence-corrected chi connectivity index (χ3v) is 4.83. The average Bonchev–Trinajstić information content (AvgIpc) is 2.99. The van der Waals surface area contributed by atoms with Gasteiger partial charge in [0.25, 0.3) is 5.91 Å². The highest BCUT2D eigenvalue weighted by Gasteiger charge is 2.22. The van der Waals surface area contributed by atoms with Crippen molar-refractivity contribution in [3.05, 3.63) is 53.6 Å². The normalized spacial score (nSPS) is 21.2. The van der Waals surface area contributed by atoms with E-state index >= 15 is 0 Å². The molecule has 25 heavy (non-hydrogen) atoms. The summed E-state index contributed by atoms with van der Waals surface area (Å²) in [5.41, 5.74) is 2.93. The molecule has 1 aliphatic rings. The predicted octanol–water partition coefficient (Wildman–Crippen LogP) is 2.83. The second kappa shape index (κ2) is 7.83. The molecule has 0 spiro atoms. The van der Waals surface area contributed by atoms with Gasteiger partial charge in [0, 0.05) is 39.4 Å². The van der Waals surface area contributed by atoms with Gasteiger partial charge in [0.2, 0.25) is 0 Å². The molecule has 0 bridgehead atoms. The standard InChI is InChI=1S/C20H28N4O/c1-15-8-16(2)11-24(10-15)12-18-7-5-4-6-17(18)9-21-20(25)19-13-23(3)14-22-19/h4-7,13-16H,8-12H2,1-3H3,(H,21,25)/t15-,16+. The van der Waals surface area contributed by atoms with E-state index < -0.39 is 0 Å². The molecule has 5 nitrogen and oxygen atoms in total. The SMILES string of the molecule is C[C@@H]1C[C@H](C)CN(Cc2ccccc2CNC(=O)c2cn(C)cn2)C1. The van der Waals surface area contributed by atoms with Gasteiger partial charge < -0.3 is 9.88 Å². The fourth-order valence-corrected chi connectivity index (χ4v) is 3.84. The van der Waals surface area contributed by atoms with Crippen molar-refractivity contribution >= 4 is 5.91 Å². The third kappa shape index (κ3) is 4.69. The Morgan fingerprint density at radius 2 is 1.88 bits per heavy atom. The number of amides is 1. The third-order valence-electron chi connectivity index (χ3n) is 4.83. The Balaban J connectivity index is 1.63. The Bertz CT molecular complexity index is 714. The van der Waals surface area contributed by atoms with Crippen molar-refractivity contribution in [1.29, 1.82) is 0 Å². The van der Waals surface area contributed by atoms with Crippen molar-refractivity contribution in [1.82, 2.24) is 19.8 Å². The minimum absolute atomic E-state index is 0.129. The highest BCUT2D eigenvalue weighted by molar-refractivity contribution is 5.91. The summed E-state index contributed by atoms with van der Waals surface area (Å²) < 4.78 is 1.78. The molecule has 2 atom stereocenters. The summed E-state index contributed by atoms with van der Waals surface area (Å²) in [7, 11) is 1.86. The van der Waals surface area contributed by atoms with Crippen molar-refractivity contribution < 1.29 is 4.79 Å². The summed E-state index contributed by atoms with van der Waals surface area (Å²) in [6, 6.07) is 8.39. The van der Waals surface area contributed by atoms with Crippen LogP contribution in [0.4, 0.5) is 0 Å². The molecule has 2 heterocycles. The zero-order valence-corrected chi connectivity index (χ0v) is 15.4. The molecule has 134 valence electrons. The number of carbonyl (C=O) groups excluding carboxylic acids is 1. The maximum atomic E-state index is 12.2. The lowest BCUT2D eigenvalue weighted by Crippen LogP contribution is -2.38. The van der Waals surface area contributed by atoms with Gasteiger partial charge in [0.1, 0.15) is 5.69 Å².